The molecule has 13 aromatic rings. The summed E-state index contributed by atoms with van der Waals surface area (Å²) in [6.45, 7) is 0. The Kier molecular flexibility index (Phi) is 8.99. The topological polar surface area (TPSA) is 79.2 Å². The highest BCUT2D eigenvalue weighted by molar-refractivity contribution is 5.92. The molecule has 314 valence electrons. The Hall–Kier alpha value is -9.27. The lowest BCUT2D eigenvalue weighted by molar-refractivity contribution is 1.10. The van der Waals surface area contributed by atoms with Crippen molar-refractivity contribution in [3.05, 3.63) is 231 Å². The fourth-order valence-corrected chi connectivity index (χ4v) is 9.32. The van der Waals surface area contributed by atoms with Crippen molar-refractivity contribution in [1.82, 2.24) is 38.6 Å². The van der Waals surface area contributed by atoms with Crippen molar-refractivity contribution in [1.29, 1.82) is 0 Å². The van der Waals surface area contributed by atoms with Crippen molar-refractivity contribution in [2.75, 3.05) is 0 Å². The molecule has 0 radical (unpaired) electrons. The van der Waals surface area contributed by atoms with E-state index in [1.807, 2.05) is 36.4 Å². The Bertz CT molecular complexity index is 3950. The van der Waals surface area contributed by atoms with Crippen LogP contribution in [0.15, 0.2) is 231 Å². The van der Waals surface area contributed by atoms with E-state index in [1.54, 1.807) is 0 Å². The van der Waals surface area contributed by atoms with Gasteiger partial charge in [-0.2, -0.15) is 0 Å². The maximum absolute atomic E-state index is 5.49. The van der Waals surface area contributed by atoms with Gasteiger partial charge in [-0.3, -0.25) is 13.7 Å². The Labute approximate surface area is 385 Å². The van der Waals surface area contributed by atoms with Gasteiger partial charge in [0.2, 0.25) is 0 Å². The molecule has 0 fully saturated rings. The summed E-state index contributed by atoms with van der Waals surface area (Å²) < 4.78 is 6.67. The van der Waals surface area contributed by atoms with E-state index in [9.17, 15) is 0 Å². The van der Waals surface area contributed by atoms with Crippen molar-refractivity contribution in [3.63, 3.8) is 0 Å². The van der Waals surface area contributed by atoms with Gasteiger partial charge in [-0.15, -0.1) is 0 Å². The molecule has 0 unspecified atom stereocenters. The predicted octanol–water partition coefficient (Wildman–Crippen LogP) is 14.0. The normalized spacial score (nSPS) is 11.6. The number of benzene rings is 9. The second kappa shape index (κ2) is 15.8. The summed E-state index contributed by atoms with van der Waals surface area (Å²) >= 11 is 0. The predicted molar refractivity (Wildman–Crippen MR) is 271 cm³/mol. The van der Waals surface area contributed by atoms with E-state index in [0.717, 1.165) is 118 Å². The van der Waals surface area contributed by atoms with Crippen LogP contribution in [-0.2, 0) is 0 Å². The van der Waals surface area contributed by atoms with Crippen LogP contribution < -0.4 is 0 Å². The fraction of sp³-hybridized carbons (Fsp3) is 0. The number of imidazole rings is 3. The SMILES string of the molecule is c1ccc(-n2c(-c3ccc(-c4nc5ccc(-c6nc7ccccc7n6-c6ccccc6)cc5nc4-c4ccc(-c5nc6ccccc6n5-c5ccccc5)cc4)cc3)nc3ccccc32)cc1. The van der Waals surface area contributed by atoms with Crippen LogP contribution in [0.25, 0.3) is 118 Å². The van der Waals surface area contributed by atoms with Gasteiger partial charge in [-0.1, -0.05) is 140 Å². The first-order valence-corrected chi connectivity index (χ1v) is 22.3. The fourth-order valence-electron chi connectivity index (χ4n) is 9.32. The Morgan fingerprint density at radius 3 is 0.940 bits per heavy atom. The van der Waals surface area contributed by atoms with E-state index in [1.165, 1.54) is 0 Å². The van der Waals surface area contributed by atoms with Crippen LogP contribution in [-0.4, -0.2) is 38.6 Å². The first-order chi connectivity index (χ1) is 33.2. The average Bonchev–Trinajstić information content (AvgIpc) is 4.11. The first kappa shape index (κ1) is 38.2. The number of fused-ring (bicyclic) bond motifs is 4. The third-order valence-corrected chi connectivity index (χ3v) is 12.5. The minimum Gasteiger partial charge on any atom is -0.292 e. The molecule has 4 aromatic heterocycles. The zero-order valence-electron chi connectivity index (χ0n) is 36.0. The van der Waals surface area contributed by atoms with E-state index in [0.29, 0.717) is 0 Å². The minimum atomic E-state index is 0.770. The van der Waals surface area contributed by atoms with Gasteiger partial charge in [-0.25, -0.2) is 24.9 Å². The molecule has 67 heavy (non-hydrogen) atoms. The highest BCUT2D eigenvalue weighted by atomic mass is 15.1. The van der Waals surface area contributed by atoms with E-state index in [4.69, 9.17) is 24.9 Å². The monoisotopic (exact) mass is 858 g/mol. The van der Waals surface area contributed by atoms with E-state index in [-0.39, 0.29) is 0 Å². The lowest BCUT2D eigenvalue weighted by atomic mass is 10.0. The lowest BCUT2D eigenvalue weighted by Gasteiger charge is -2.14. The summed E-state index contributed by atoms with van der Waals surface area (Å²) in [7, 11) is 0. The molecular formula is C59H38N8. The first-order valence-electron chi connectivity index (χ1n) is 22.3. The van der Waals surface area contributed by atoms with Gasteiger partial charge < -0.3 is 0 Å². The summed E-state index contributed by atoms with van der Waals surface area (Å²) in [6, 6.07) is 79.4. The molecule has 0 atom stereocenters. The molecule has 0 aliphatic rings. The van der Waals surface area contributed by atoms with Crippen LogP contribution in [0.3, 0.4) is 0 Å². The highest BCUT2D eigenvalue weighted by Crippen LogP contribution is 2.37. The maximum Gasteiger partial charge on any atom is 0.145 e. The van der Waals surface area contributed by atoms with Crippen molar-refractivity contribution in [2.45, 2.75) is 0 Å². The van der Waals surface area contributed by atoms with Gasteiger partial charge in [0.15, 0.2) is 0 Å². The summed E-state index contributed by atoms with van der Waals surface area (Å²) in [4.78, 5) is 26.4. The van der Waals surface area contributed by atoms with Crippen molar-refractivity contribution in [2.24, 2.45) is 0 Å². The van der Waals surface area contributed by atoms with Crippen molar-refractivity contribution < 1.29 is 0 Å². The average molecular weight is 859 g/mol. The van der Waals surface area contributed by atoms with Crippen LogP contribution in [0.4, 0.5) is 0 Å². The smallest absolute Gasteiger partial charge is 0.145 e. The van der Waals surface area contributed by atoms with Gasteiger partial charge in [0.25, 0.3) is 0 Å². The van der Waals surface area contributed by atoms with Crippen LogP contribution in [0.2, 0.25) is 0 Å². The highest BCUT2D eigenvalue weighted by Gasteiger charge is 2.21. The molecule has 8 nitrogen and oxygen atoms in total. The molecule has 4 heterocycles. The summed E-state index contributed by atoms with van der Waals surface area (Å²) in [5, 5.41) is 0. The number of nitrogens with zero attached hydrogens (tertiary/aromatic N) is 8. The van der Waals surface area contributed by atoms with Crippen molar-refractivity contribution >= 4 is 44.1 Å². The van der Waals surface area contributed by atoms with Crippen LogP contribution in [0.5, 0.6) is 0 Å². The number of hydrogen-bond acceptors (Lipinski definition) is 5. The molecule has 13 rings (SSSR count). The molecule has 0 aliphatic carbocycles. The molecule has 0 bridgehead atoms. The van der Waals surface area contributed by atoms with Gasteiger partial charge in [0, 0.05) is 44.9 Å². The van der Waals surface area contributed by atoms with Gasteiger partial charge in [0.1, 0.15) is 17.5 Å². The van der Waals surface area contributed by atoms with Crippen molar-refractivity contribution in [3.8, 4) is 73.7 Å². The van der Waals surface area contributed by atoms with E-state index >= 15 is 0 Å². The van der Waals surface area contributed by atoms with Gasteiger partial charge in [-0.05, 0) is 91.0 Å². The molecule has 0 spiro atoms. The molecular weight excluding hydrogens is 821 g/mol. The molecule has 9 aromatic carbocycles. The van der Waals surface area contributed by atoms with Gasteiger partial charge in [0.05, 0.1) is 55.5 Å². The Morgan fingerprint density at radius 2 is 0.537 bits per heavy atom. The number of aromatic nitrogens is 8. The van der Waals surface area contributed by atoms with E-state index in [2.05, 4.69) is 208 Å². The molecule has 0 aliphatic heterocycles. The molecule has 8 heteroatoms. The Balaban J connectivity index is 0.966. The lowest BCUT2D eigenvalue weighted by Crippen LogP contribution is -2.00. The number of hydrogen-bond donors (Lipinski definition) is 0. The second-order valence-corrected chi connectivity index (χ2v) is 16.6. The third-order valence-electron chi connectivity index (χ3n) is 12.5. The summed E-state index contributed by atoms with van der Waals surface area (Å²) in [6.07, 6.45) is 0. The second-order valence-electron chi connectivity index (χ2n) is 16.6. The van der Waals surface area contributed by atoms with Crippen LogP contribution in [0.1, 0.15) is 0 Å². The van der Waals surface area contributed by atoms with Gasteiger partial charge >= 0.3 is 0 Å². The summed E-state index contributed by atoms with van der Waals surface area (Å²) in [5.74, 6) is 2.58. The summed E-state index contributed by atoms with van der Waals surface area (Å²) in [5.41, 5.74) is 17.0. The minimum absolute atomic E-state index is 0.770. The van der Waals surface area contributed by atoms with E-state index < -0.39 is 0 Å². The molecule has 0 saturated heterocycles. The quantitative estimate of drug-likeness (QED) is 0.152. The third kappa shape index (κ3) is 6.58. The number of para-hydroxylation sites is 9. The number of rotatable bonds is 8. The van der Waals surface area contributed by atoms with Crippen LogP contribution in [0, 0.1) is 0 Å². The van der Waals surface area contributed by atoms with Crippen LogP contribution >= 0.6 is 0 Å². The maximum atomic E-state index is 5.49. The molecule has 0 saturated carbocycles. The standard InChI is InChI=1S/C59H38N8/c1-4-16-44(17-5-1)65-52-25-13-10-22-48(52)62-57(65)41-32-28-39(29-33-41)55-56(40-30-34-42(35-31-40)58-63-49-23-11-14-26-53(49)66(58)45-18-6-2-7-19-45)61-51-38-43(36-37-47(51)60-55)59-64-50-24-12-15-27-54(50)67(59)46-20-8-3-9-21-46/h1-38H. The zero-order valence-corrected chi connectivity index (χ0v) is 36.0. The molecule has 0 N–H and O–H groups in total. The Morgan fingerprint density at radius 1 is 0.224 bits per heavy atom. The largest absolute Gasteiger partial charge is 0.292 e. The molecule has 0 amide bonds. The zero-order chi connectivity index (χ0) is 44.3.